The molecule has 1 aliphatic rings. The van der Waals surface area contributed by atoms with Gasteiger partial charge in [-0.05, 0) is 58.4 Å². The average Bonchev–Trinajstić information content (AvgIpc) is 2.59. The summed E-state index contributed by atoms with van der Waals surface area (Å²) in [7, 11) is 0. The molecule has 0 unspecified atom stereocenters. The second-order valence-electron chi connectivity index (χ2n) is 8.54. The van der Waals surface area contributed by atoms with Gasteiger partial charge in [0.1, 0.15) is 12.4 Å². The van der Waals surface area contributed by atoms with Gasteiger partial charge in [0, 0.05) is 0 Å². The van der Waals surface area contributed by atoms with Crippen molar-refractivity contribution in [1.82, 2.24) is 0 Å². The minimum absolute atomic E-state index is 0.197. The number of allylic oxidation sites excluding steroid dienone is 1. The van der Waals surface area contributed by atoms with Gasteiger partial charge in [-0.3, -0.25) is 0 Å². The third-order valence-electron chi connectivity index (χ3n) is 5.64. The van der Waals surface area contributed by atoms with Crippen LogP contribution in [0.1, 0.15) is 62.8 Å². The van der Waals surface area contributed by atoms with E-state index in [1.807, 2.05) is 12.1 Å². The molecule has 0 amide bonds. The van der Waals surface area contributed by atoms with Crippen molar-refractivity contribution in [2.75, 3.05) is 0 Å². The van der Waals surface area contributed by atoms with Crippen molar-refractivity contribution in [3.8, 4) is 5.75 Å². The molecule has 0 atom stereocenters. The Morgan fingerprint density at radius 1 is 0.960 bits per heavy atom. The maximum Gasteiger partial charge on any atom is 0.123 e. The molecule has 25 heavy (non-hydrogen) atoms. The summed E-state index contributed by atoms with van der Waals surface area (Å²) in [6.45, 7) is 14.0. The summed E-state index contributed by atoms with van der Waals surface area (Å²) in [5.74, 6) is 1.01. The topological polar surface area (TPSA) is 9.23 Å². The van der Waals surface area contributed by atoms with Crippen LogP contribution in [0.25, 0.3) is 0 Å². The predicted octanol–water partition coefficient (Wildman–Crippen LogP) is 6.34. The van der Waals surface area contributed by atoms with Crippen LogP contribution in [0.5, 0.6) is 5.75 Å². The molecule has 0 aliphatic heterocycles. The summed E-state index contributed by atoms with van der Waals surface area (Å²) >= 11 is 0. The van der Waals surface area contributed by atoms with Gasteiger partial charge in [-0.1, -0.05) is 70.2 Å². The second kappa shape index (κ2) is 6.71. The Balaban J connectivity index is 2.01. The molecular formula is C24H30O. The third kappa shape index (κ3) is 3.66. The maximum atomic E-state index is 6.26. The fraction of sp³-hybridized carbons (Fsp3) is 0.417. The van der Waals surface area contributed by atoms with E-state index in [2.05, 4.69) is 70.7 Å². The third-order valence-corrected chi connectivity index (χ3v) is 5.64. The van der Waals surface area contributed by atoms with Crippen LogP contribution in [-0.2, 0) is 23.9 Å². The van der Waals surface area contributed by atoms with E-state index < -0.39 is 0 Å². The van der Waals surface area contributed by atoms with E-state index in [4.69, 9.17) is 4.74 Å². The van der Waals surface area contributed by atoms with Crippen molar-refractivity contribution in [1.29, 1.82) is 0 Å². The zero-order valence-electron chi connectivity index (χ0n) is 16.1. The summed E-state index contributed by atoms with van der Waals surface area (Å²) in [5, 5.41) is 0. The molecule has 1 heteroatoms. The van der Waals surface area contributed by atoms with Crippen LogP contribution in [0.4, 0.5) is 0 Å². The Hall–Kier alpha value is -2.02. The van der Waals surface area contributed by atoms with E-state index in [1.54, 1.807) is 0 Å². The standard InChI is InChI=1S/C24H30O/c1-6-10-19-15-20-21(24(4,5)14-13-23(20,2)3)16-22(19)25-17-18-11-8-7-9-12-18/h6-9,11-12,15-16H,1,10,13-14,17H2,2-5H3. The number of hydrogen-bond acceptors (Lipinski definition) is 1. The zero-order chi connectivity index (χ0) is 18.1. The highest BCUT2D eigenvalue weighted by atomic mass is 16.5. The fourth-order valence-corrected chi connectivity index (χ4v) is 3.82. The fourth-order valence-electron chi connectivity index (χ4n) is 3.82. The first kappa shape index (κ1) is 17.8. The van der Waals surface area contributed by atoms with Gasteiger partial charge < -0.3 is 4.74 Å². The molecule has 0 saturated carbocycles. The molecule has 132 valence electrons. The van der Waals surface area contributed by atoms with Crippen molar-refractivity contribution in [2.24, 2.45) is 0 Å². The first-order chi connectivity index (χ1) is 11.8. The van der Waals surface area contributed by atoms with Crippen molar-refractivity contribution in [3.05, 3.63) is 77.4 Å². The largest absolute Gasteiger partial charge is 0.489 e. The van der Waals surface area contributed by atoms with Crippen molar-refractivity contribution >= 4 is 0 Å². The quantitative estimate of drug-likeness (QED) is 0.579. The van der Waals surface area contributed by atoms with Gasteiger partial charge in [0.05, 0.1) is 0 Å². The summed E-state index contributed by atoms with van der Waals surface area (Å²) < 4.78 is 6.26. The summed E-state index contributed by atoms with van der Waals surface area (Å²) in [4.78, 5) is 0. The van der Waals surface area contributed by atoms with Gasteiger partial charge in [-0.25, -0.2) is 0 Å². The highest BCUT2D eigenvalue weighted by molar-refractivity contribution is 5.50. The van der Waals surface area contributed by atoms with E-state index in [-0.39, 0.29) is 10.8 Å². The minimum atomic E-state index is 0.197. The SMILES string of the molecule is C=CCc1cc2c(cc1OCc1ccccc1)C(C)(C)CCC2(C)C. The van der Waals surface area contributed by atoms with E-state index in [9.17, 15) is 0 Å². The monoisotopic (exact) mass is 334 g/mol. The Morgan fingerprint density at radius 2 is 1.56 bits per heavy atom. The van der Waals surface area contributed by atoms with Crippen LogP contribution in [0.3, 0.4) is 0 Å². The van der Waals surface area contributed by atoms with E-state index >= 15 is 0 Å². The molecule has 3 rings (SSSR count). The number of fused-ring (bicyclic) bond motifs is 1. The van der Waals surface area contributed by atoms with Crippen LogP contribution in [0.2, 0.25) is 0 Å². The second-order valence-corrected chi connectivity index (χ2v) is 8.54. The molecule has 0 heterocycles. The molecule has 0 bridgehead atoms. The van der Waals surface area contributed by atoms with Crippen LogP contribution >= 0.6 is 0 Å². The minimum Gasteiger partial charge on any atom is -0.489 e. The lowest BCUT2D eigenvalue weighted by Gasteiger charge is -2.42. The smallest absolute Gasteiger partial charge is 0.123 e. The van der Waals surface area contributed by atoms with Gasteiger partial charge in [-0.15, -0.1) is 6.58 Å². The summed E-state index contributed by atoms with van der Waals surface area (Å²) in [6.07, 6.45) is 5.25. The van der Waals surface area contributed by atoms with Crippen LogP contribution < -0.4 is 4.74 Å². The average molecular weight is 335 g/mol. The lowest BCUT2D eigenvalue weighted by atomic mass is 9.63. The van der Waals surface area contributed by atoms with Crippen LogP contribution in [0.15, 0.2) is 55.1 Å². The van der Waals surface area contributed by atoms with Gasteiger partial charge in [0.15, 0.2) is 0 Å². The maximum absolute atomic E-state index is 6.26. The molecule has 2 aromatic carbocycles. The summed E-state index contributed by atoms with van der Waals surface area (Å²) in [6, 6.07) is 15.0. The molecule has 1 nitrogen and oxygen atoms in total. The van der Waals surface area contributed by atoms with Crippen molar-refractivity contribution in [2.45, 2.75) is 64.4 Å². The highest BCUT2D eigenvalue weighted by Crippen LogP contribution is 2.47. The number of rotatable bonds is 5. The van der Waals surface area contributed by atoms with Gasteiger partial charge >= 0.3 is 0 Å². The first-order valence-electron chi connectivity index (χ1n) is 9.29. The Morgan fingerprint density at radius 3 is 2.16 bits per heavy atom. The highest BCUT2D eigenvalue weighted by Gasteiger charge is 2.37. The normalized spacial score (nSPS) is 17.6. The Kier molecular flexibility index (Phi) is 4.77. The zero-order valence-corrected chi connectivity index (χ0v) is 16.1. The van der Waals surface area contributed by atoms with Gasteiger partial charge in [0.2, 0.25) is 0 Å². The predicted molar refractivity (Wildman–Crippen MR) is 106 cm³/mol. The van der Waals surface area contributed by atoms with Crippen molar-refractivity contribution in [3.63, 3.8) is 0 Å². The molecule has 0 spiro atoms. The summed E-state index contributed by atoms with van der Waals surface area (Å²) in [5.41, 5.74) is 5.79. The first-order valence-corrected chi connectivity index (χ1v) is 9.29. The van der Waals surface area contributed by atoms with Crippen LogP contribution in [0, 0.1) is 0 Å². The van der Waals surface area contributed by atoms with E-state index in [0.717, 1.165) is 12.2 Å². The lowest BCUT2D eigenvalue weighted by Crippen LogP contribution is -2.34. The Labute approximate surface area is 152 Å². The van der Waals surface area contributed by atoms with Crippen molar-refractivity contribution < 1.29 is 4.74 Å². The molecular weight excluding hydrogens is 304 g/mol. The van der Waals surface area contributed by atoms with E-state index in [1.165, 1.54) is 35.1 Å². The lowest BCUT2D eigenvalue weighted by molar-refractivity contribution is 0.296. The number of benzene rings is 2. The van der Waals surface area contributed by atoms with Crippen LogP contribution in [-0.4, -0.2) is 0 Å². The number of ether oxygens (including phenoxy) is 1. The van der Waals surface area contributed by atoms with Gasteiger partial charge in [-0.2, -0.15) is 0 Å². The number of hydrogen-bond donors (Lipinski definition) is 0. The molecule has 2 aromatic rings. The molecule has 0 saturated heterocycles. The van der Waals surface area contributed by atoms with E-state index in [0.29, 0.717) is 6.61 Å². The van der Waals surface area contributed by atoms with Gasteiger partial charge in [0.25, 0.3) is 0 Å². The molecule has 0 fully saturated rings. The Bertz CT molecular complexity index is 753. The molecule has 0 radical (unpaired) electrons. The molecule has 0 aromatic heterocycles. The molecule has 0 N–H and O–H groups in total. The molecule has 1 aliphatic carbocycles.